The Bertz CT molecular complexity index is 326. The minimum atomic E-state index is 0.485. The van der Waals surface area contributed by atoms with Crippen LogP contribution in [0.4, 0.5) is 0 Å². The monoisotopic (exact) mass is 267 g/mol. The summed E-state index contributed by atoms with van der Waals surface area (Å²) in [7, 11) is 0. The molecule has 1 aliphatic carbocycles. The first-order chi connectivity index (χ1) is 8.85. The predicted octanol–water partition coefficient (Wildman–Crippen LogP) is 3.80. The highest BCUT2D eigenvalue weighted by Gasteiger charge is 2.29. The van der Waals surface area contributed by atoms with Crippen LogP contribution in [0.5, 0.6) is 0 Å². The summed E-state index contributed by atoms with van der Waals surface area (Å²) in [6.07, 6.45) is 10.0. The molecular weight excluding hydrogens is 242 g/mol. The number of rotatable bonds is 6. The molecule has 3 unspecified atom stereocenters. The number of nitrogens with zero attached hydrogens (tertiary/aromatic N) is 2. The van der Waals surface area contributed by atoms with Crippen molar-refractivity contribution in [1.29, 1.82) is 0 Å². The van der Waals surface area contributed by atoms with Gasteiger partial charge in [0, 0.05) is 6.04 Å². The van der Waals surface area contributed by atoms with E-state index in [0.29, 0.717) is 6.04 Å². The molecule has 0 spiro atoms. The molecule has 1 aromatic heterocycles. The Morgan fingerprint density at radius 2 is 2.33 bits per heavy atom. The van der Waals surface area contributed by atoms with Gasteiger partial charge in [-0.25, -0.2) is 0 Å². The van der Waals surface area contributed by atoms with Crippen molar-refractivity contribution in [3.63, 3.8) is 0 Å². The molecule has 0 radical (unpaired) electrons. The van der Waals surface area contributed by atoms with Gasteiger partial charge in [-0.1, -0.05) is 37.6 Å². The van der Waals surface area contributed by atoms with Gasteiger partial charge in [0.1, 0.15) is 0 Å². The number of hydrogen-bond donors (Lipinski definition) is 1. The molecule has 1 heterocycles. The highest BCUT2D eigenvalue weighted by Crippen LogP contribution is 2.39. The molecule has 4 heteroatoms. The third-order valence-electron chi connectivity index (χ3n) is 4.17. The van der Waals surface area contributed by atoms with E-state index < -0.39 is 0 Å². The normalized spacial score (nSPS) is 26.1. The van der Waals surface area contributed by atoms with Crippen LogP contribution in [0.25, 0.3) is 0 Å². The molecule has 102 valence electrons. The van der Waals surface area contributed by atoms with E-state index in [1.54, 1.807) is 11.5 Å². The van der Waals surface area contributed by atoms with Crippen molar-refractivity contribution in [1.82, 2.24) is 14.9 Å². The highest BCUT2D eigenvalue weighted by atomic mass is 32.1. The van der Waals surface area contributed by atoms with Gasteiger partial charge in [-0.3, -0.25) is 0 Å². The Labute approximate surface area is 115 Å². The Kier molecular flexibility index (Phi) is 5.57. The summed E-state index contributed by atoms with van der Waals surface area (Å²) in [6.45, 7) is 5.65. The molecule has 1 N–H and O–H groups in total. The van der Waals surface area contributed by atoms with E-state index in [1.165, 1.54) is 43.4 Å². The summed E-state index contributed by atoms with van der Waals surface area (Å²) in [5.74, 6) is 1.70. The van der Waals surface area contributed by atoms with Crippen molar-refractivity contribution in [2.75, 3.05) is 6.54 Å². The summed E-state index contributed by atoms with van der Waals surface area (Å²) in [5.41, 5.74) is 0. The van der Waals surface area contributed by atoms with Crippen molar-refractivity contribution in [3.05, 3.63) is 11.1 Å². The molecule has 1 aliphatic rings. The molecule has 0 aliphatic heterocycles. The van der Waals surface area contributed by atoms with E-state index in [9.17, 15) is 0 Å². The summed E-state index contributed by atoms with van der Waals surface area (Å²) in [5, 5.41) is 7.73. The number of hydrogen-bond acceptors (Lipinski definition) is 4. The zero-order chi connectivity index (χ0) is 12.8. The van der Waals surface area contributed by atoms with Crippen LogP contribution < -0.4 is 5.32 Å². The van der Waals surface area contributed by atoms with Gasteiger partial charge < -0.3 is 5.32 Å². The maximum atomic E-state index is 4.04. The van der Waals surface area contributed by atoms with E-state index in [0.717, 1.165) is 18.4 Å². The van der Waals surface area contributed by atoms with Gasteiger partial charge in [-0.2, -0.15) is 0 Å². The SMILES string of the molecule is CCCNC(c1cnns1)C1CCCC(CC)C1. The maximum absolute atomic E-state index is 4.04. The maximum Gasteiger partial charge on any atom is 0.0669 e. The zero-order valence-corrected chi connectivity index (χ0v) is 12.4. The lowest BCUT2D eigenvalue weighted by Gasteiger charge is -2.34. The second-order valence-electron chi connectivity index (χ2n) is 5.45. The molecular formula is C14H25N3S. The number of nitrogens with one attached hydrogen (secondary N) is 1. The average molecular weight is 267 g/mol. The van der Waals surface area contributed by atoms with Gasteiger partial charge in [0.15, 0.2) is 0 Å². The third kappa shape index (κ3) is 3.51. The van der Waals surface area contributed by atoms with Crippen molar-refractivity contribution >= 4 is 11.5 Å². The molecule has 0 amide bonds. The molecule has 1 saturated carbocycles. The van der Waals surface area contributed by atoms with Crippen LogP contribution in [0.1, 0.15) is 63.3 Å². The van der Waals surface area contributed by atoms with Crippen LogP contribution in [0.2, 0.25) is 0 Å². The van der Waals surface area contributed by atoms with Gasteiger partial charge in [0.25, 0.3) is 0 Å². The van der Waals surface area contributed by atoms with Crippen LogP contribution in [0, 0.1) is 11.8 Å². The van der Waals surface area contributed by atoms with E-state index in [4.69, 9.17) is 0 Å². The first-order valence-electron chi connectivity index (χ1n) is 7.35. The summed E-state index contributed by atoms with van der Waals surface area (Å²) in [4.78, 5) is 1.32. The lowest BCUT2D eigenvalue weighted by molar-refractivity contribution is 0.211. The third-order valence-corrected chi connectivity index (χ3v) is 4.92. The fourth-order valence-corrected chi connectivity index (χ4v) is 3.79. The second kappa shape index (κ2) is 7.19. The minimum Gasteiger partial charge on any atom is -0.309 e. The molecule has 0 aromatic carbocycles. The quantitative estimate of drug-likeness (QED) is 0.852. The lowest BCUT2D eigenvalue weighted by Crippen LogP contribution is -2.31. The topological polar surface area (TPSA) is 37.8 Å². The van der Waals surface area contributed by atoms with Crippen molar-refractivity contribution in [2.45, 2.75) is 58.4 Å². The summed E-state index contributed by atoms with van der Waals surface area (Å²) < 4.78 is 4.04. The Morgan fingerprint density at radius 1 is 1.44 bits per heavy atom. The van der Waals surface area contributed by atoms with Gasteiger partial charge in [-0.05, 0) is 49.2 Å². The minimum absolute atomic E-state index is 0.485. The Hall–Kier alpha value is -0.480. The van der Waals surface area contributed by atoms with Gasteiger partial charge >= 0.3 is 0 Å². The first-order valence-corrected chi connectivity index (χ1v) is 8.13. The molecule has 0 bridgehead atoms. The summed E-state index contributed by atoms with van der Waals surface area (Å²) in [6, 6.07) is 0.485. The lowest BCUT2D eigenvalue weighted by atomic mass is 9.76. The number of aromatic nitrogens is 2. The van der Waals surface area contributed by atoms with Crippen molar-refractivity contribution < 1.29 is 0 Å². The standard InChI is InChI=1S/C14H25N3S/c1-3-8-15-14(13-10-16-17-18-13)12-7-5-6-11(4-2)9-12/h10-12,14-15H,3-9H2,1-2H3. The predicted molar refractivity (Wildman–Crippen MR) is 76.7 cm³/mol. The van der Waals surface area contributed by atoms with E-state index in [-0.39, 0.29) is 0 Å². The fraction of sp³-hybridized carbons (Fsp3) is 0.857. The van der Waals surface area contributed by atoms with Crippen LogP contribution in [-0.4, -0.2) is 16.1 Å². The summed E-state index contributed by atoms with van der Waals surface area (Å²) >= 11 is 1.56. The molecule has 1 aromatic rings. The van der Waals surface area contributed by atoms with Gasteiger partial charge in [0.05, 0.1) is 11.1 Å². The second-order valence-corrected chi connectivity index (χ2v) is 6.27. The van der Waals surface area contributed by atoms with Gasteiger partial charge in [-0.15, -0.1) is 5.10 Å². The molecule has 3 atom stereocenters. The van der Waals surface area contributed by atoms with Crippen molar-refractivity contribution in [3.8, 4) is 0 Å². The molecule has 0 saturated heterocycles. The molecule has 18 heavy (non-hydrogen) atoms. The largest absolute Gasteiger partial charge is 0.309 e. The van der Waals surface area contributed by atoms with Gasteiger partial charge in [0.2, 0.25) is 0 Å². The van der Waals surface area contributed by atoms with E-state index in [1.807, 2.05) is 6.20 Å². The molecule has 2 rings (SSSR count). The molecule has 3 nitrogen and oxygen atoms in total. The first kappa shape index (κ1) is 13.9. The highest BCUT2D eigenvalue weighted by molar-refractivity contribution is 7.05. The fourth-order valence-electron chi connectivity index (χ4n) is 3.12. The van der Waals surface area contributed by atoms with Crippen LogP contribution >= 0.6 is 11.5 Å². The Morgan fingerprint density at radius 3 is 3.00 bits per heavy atom. The van der Waals surface area contributed by atoms with E-state index in [2.05, 4.69) is 28.8 Å². The Balaban J connectivity index is 2.03. The smallest absolute Gasteiger partial charge is 0.0669 e. The van der Waals surface area contributed by atoms with E-state index >= 15 is 0 Å². The zero-order valence-electron chi connectivity index (χ0n) is 11.6. The van der Waals surface area contributed by atoms with Crippen LogP contribution in [0.3, 0.4) is 0 Å². The van der Waals surface area contributed by atoms with Crippen LogP contribution in [-0.2, 0) is 0 Å². The molecule has 1 fully saturated rings. The average Bonchev–Trinajstić information content (AvgIpc) is 2.93. The van der Waals surface area contributed by atoms with Crippen LogP contribution in [0.15, 0.2) is 6.20 Å². The van der Waals surface area contributed by atoms with Crippen molar-refractivity contribution in [2.24, 2.45) is 11.8 Å².